The summed E-state index contributed by atoms with van der Waals surface area (Å²) in [5.74, 6) is -0.382. The first-order valence-corrected chi connectivity index (χ1v) is 5.06. The van der Waals surface area contributed by atoms with Crippen molar-refractivity contribution >= 4 is 5.69 Å². The van der Waals surface area contributed by atoms with Crippen LogP contribution in [0.2, 0.25) is 0 Å². The molecule has 1 heterocycles. The normalized spacial score (nSPS) is 10.4. The molecular formula is C13H13FN2. The van der Waals surface area contributed by atoms with Gasteiger partial charge in [-0.1, -0.05) is 23.8 Å². The molecular weight excluding hydrogens is 203 g/mol. The molecule has 0 aliphatic carbocycles. The lowest BCUT2D eigenvalue weighted by Crippen LogP contribution is -1.95. The van der Waals surface area contributed by atoms with Crippen molar-refractivity contribution in [2.24, 2.45) is 0 Å². The summed E-state index contributed by atoms with van der Waals surface area (Å²) in [7, 11) is 0. The lowest BCUT2D eigenvalue weighted by Gasteiger charge is -2.07. The van der Waals surface area contributed by atoms with E-state index >= 15 is 0 Å². The Balaban J connectivity index is 2.59. The number of aryl methyl sites for hydroxylation is 2. The topological polar surface area (TPSA) is 38.9 Å². The Hall–Kier alpha value is -1.90. The molecule has 0 saturated carbocycles. The molecule has 0 saturated heterocycles. The van der Waals surface area contributed by atoms with Gasteiger partial charge in [-0.25, -0.2) is 4.39 Å². The van der Waals surface area contributed by atoms with Crippen molar-refractivity contribution in [1.29, 1.82) is 0 Å². The van der Waals surface area contributed by atoms with Crippen molar-refractivity contribution in [3.8, 4) is 11.3 Å². The standard InChI is InChI=1S/C13H13FN2/c1-8-3-4-11(9(2)5-8)13-12(14)6-10(15)7-16-13/h3-7H,15H2,1-2H3. The summed E-state index contributed by atoms with van der Waals surface area (Å²) in [6, 6.07) is 7.13. The van der Waals surface area contributed by atoms with Crippen LogP contribution in [0, 0.1) is 19.7 Å². The molecule has 0 bridgehead atoms. The van der Waals surface area contributed by atoms with E-state index in [0.717, 1.165) is 16.7 Å². The number of anilines is 1. The van der Waals surface area contributed by atoms with Crippen LogP contribution in [0.4, 0.5) is 10.1 Å². The number of rotatable bonds is 1. The predicted molar refractivity (Wildman–Crippen MR) is 63.5 cm³/mol. The van der Waals surface area contributed by atoms with Crippen molar-refractivity contribution < 1.29 is 4.39 Å². The van der Waals surface area contributed by atoms with Gasteiger partial charge in [0.05, 0.1) is 11.9 Å². The average molecular weight is 216 g/mol. The van der Waals surface area contributed by atoms with Crippen molar-refractivity contribution in [3.05, 3.63) is 47.4 Å². The summed E-state index contributed by atoms with van der Waals surface area (Å²) in [6.07, 6.45) is 1.47. The molecule has 0 unspecified atom stereocenters. The van der Waals surface area contributed by atoms with E-state index in [-0.39, 0.29) is 5.82 Å². The van der Waals surface area contributed by atoms with Crippen molar-refractivity contribution in [1.82, 2.24) is 4.98 Å². The Kier molecular flexibility index (Phi) is 2.60. The molecule has 0 radical (unpaired) electrons. The quantitative estimate of drug-likeness (QED) is 0.795. The maximum absolute atomic E-state index is 13.7. The zero-order chi connectivity index (χ0) is 11.7. The highest BCUT2D eigenvalue weighted by molar-refractivity contribution is 5.65. The third-order valence-corrected chi connectivity index (χ3v) is 2.50. The predicted octanol–water partition coefficient (Wildman–Crippen LogP) is 3.09. The monoisotopic (exact) mass is 216 g/mol. The van der Waals surface area contributed by atoms with Gasteiger partial charge >= 0.3 is 0 Å². The van der Waals surface area contributed by atoms with Crippen LogP contribution in [0.25, 0.3) is 11.3 Å². The highest BCUT2D eigenvalue weighted by atomic mass is 19.1. The minimum absolute atomic E-state index is 0.339. The van der Waals surface area contributed by atoms with E-state index in [1.54, 1.807) is 0 Å². The van der Waals surface area contributed by atoms with Gasteiger partial charge in [0.25, 0.3) is 0 Å². The molecule has 2 aromatic rings. The Bertz CT molecular complexity index is 486. The van der Waals surface area contributed by atoms with E-state index in [1.807, 2.05) is 32.0 Å². The van der Waals surface area contributed by atoms with Crippen LogP contribution < -0.4 is 5.73 Å². The molecule has 1 aromatic carbocycles. The zero-order valence-electron chi connectivity index (χ0n) is 9.29. The van der Waals surface area contributed by atoms with Crippen LogP contribution in [0.15, 0.2) is 30.5 Å². The maximum Gasteiger partial charge on any atom is 0.151 e. The van der Waals surface area contributed by atoms with Gasteiger partial charge in [-0.05, 0) is 19.4 Å². The van der Waals surface area contributed by atoms with Crippen LogP contribution in [0.1, 0.15) is 11.1 Å². The van der Waals surface area contributed by atoms with Crippen molar-refractivity contribution in [2.75, 3.05) is 5.73 Å². The van der Waals surface area contributed by atoms with Gasteiger partial charge in [0.2, 0.25) is 0 Å². The van der Waals surface area contributed by atoms with E-state index in [9.17, 15) is 4.39 Å². The second kappa shape index (κ2) is 3.93. The molecule has 2 N–H and O–H groups in total. The molecule has 0 fully saturated rings. The number of aromatic nitrogens is 1. The first-order chi connectivity index (χ1) is 7.58. The summed E-state index contributed by atoms with van der Waals surface area (Å²) in [4.78, 5) is 4.04. The molecule has 3 heteroatoms. The highest BCUT2D eigenvalue weighted by Gasteiger charge is 2.09. The fraction of sp³-hybridized carbons (Fsp3) is 0.154. The lowest BCUT2D eigenvalue weighted by atomic mass is 10.0. The molecule has 16 heavy (non-hydrogen) atoms. The number of hydrogen-bond donors (Lipinski definition) is 1. The number of nitrogen functional groups attached to an aromatic ring is 1. The second-order valence-corrected chi connectivity index (χ2v) is 3.92. The Morgan fingerprint density at radius 3 is 2.56 bits per heavy atom. The number of hydrogen-bond acceptors (Lipinski definition) is 2. The van der Waals surface area contributed by atoms with Crippen LogP contribution in [-0.4, -0.2) is 4.98 Å². The minimum Gasteiger partial charge on any atom is -0.397 e. The first-order valence-electron chi connectivity index (χ1n) is 5.06. The smallest absolute Gasteiger partial charge is 0.151 e. The van der Waals surface area contributed by atoms with Gasteiger partial charge in [-0.15, -0.1) is 0 Å². The highest BCUT2D eigenvalue weighted by Crippen LogP contribution is 2.25. The van der Waals surface area contributed by atoms with Crippen LogP contribution >= 0.6 is 0 Å². The minimum atomic E-state index is -0.382. The second-order valence-electron chi connectivity index (χ2n) is 3.92. The summed E-state index contributed by atoms with van der Waals surface area (Å²) in [6.45, 7) is 3.95. The van der Waals surface area contributed by atoms with E-state index in [2.05, 4.69) is 4.98 Å². The molecule has 0 spiro atoms. The maximum atomic E-state index is 13.7. The number of pyridine rings is 1. The fourth-order valence-corrected chi connectivity index (χ4v) is 1.73. The summed E-state index contributed by atoms with van der Waals surface area (Å²) in [5, 5.41) is 0. The van der Waals surface area contributed by atoms with Crippen molar-refractivity contribution in [2.45, 2.75) is 13.8 Å². The molecule has 0 aliphatic heterocycles. The molecule has 2 rings (SSSR count). The molecule has 0 aliphatic rings. The van der Waals surface area contributed by atoms with E-state index < -0.39 is 0 Å². The van der Waals surface area contributed by atoms with Crippen LogP contribution in [0.3, 0.4) is 0 Å². The lowest BCUT2D eigenvalue weighted by molar-refractivity contribution is 0.626. The van der Waals surface area contributed by atoms with Gasteiger partial charge in [-0.3, -0.25) is 4.98 Å². The number of halogens is 1. The van der Waals surface area contributed by atoms with Gasteiger partial charge in [0.15, 0.2) is 5.82 Å². The zero-order valence-corrected chi connectivity index (χ0v) is 9.29. The summed E-state index contributed by atoms with van der Waals surface area (Å²) < 4.78 is 13.7. The van der Waals surface area contributed by atoms with E-state index in [0.29, 0.717) is 11.4 Å². The Morgan fingerprint density at radius 1 is 1.19 bits per heavy atom. The molecule has 1 aromatic heterocycles. The van der Waals surface area contributed by atoms with Gasteiger partial charge in [0.1, 0.15) is 5.69 Å². The third-order valence-electron chi connectivity index (χ3n) is 2.50. The fourth-order valence-electron chi connectivity index (χ4n) is 1.73. The molecule has 2 nitrogen and oxygen atoms in total. The number of nitrogens with two attached hydrogens (primary N) is 1. The Morgan fingerprint density at radius 2 is 1.94 bits per heavy atom. The SMILES string of the molecule is Cc1ccc(-c2ncc(N)cc2F)c(C)c1. The summed E-state index contributed by atoms with van der Waals surface area (Å²) in [5.41, 5.74) is 9.13. The third kappa shape index (κ3) is 1.89. The molecule has 0 amide bonds. The van der Waals surface area contributed by atoms with E-state index in [1.165, 1.54) is 12.3 Å². The average Bonchev–Trinajstić information content (AvgIpc) is 2.19. The van der Waals surface area contributed by atoms with Crippen molar-refractivity contribution in [3.63, 3.8) is 0 Å². The number of benzene rings is 1. The molecule has 82 valence electrons. The summed E-state index contributed by atoms with van der Waals surface area (Å²) >= 11 is 0. The largest absolute Gasteiger partial charge is 0.397 e. The van der Waals surface area contributed by atoms with Gasteiger partial charge < -0.3 is 5.73 Å². The van der Waals surface area contributed by atoms with E-state index in [4.69, 9.17) is 5.73 Å². The van der Waals surface area contributed by atoms with Gasteiger partial charge in [-0.2, -0.15) is 0 Å². The first kappa shape index (κ1) is 10.6. The molecule has 0 atom stereocenters. The van der Waals surface area contributed by atoms with Crippen LogP contribution in [0.5, 0.6) is 0 Å². The van der Waals surface area contributed by atoms with Gasteiger partial charge in [0, 0.05) is 11.6 Å². The van der Waals surface area contributed by atoms with Crippen LogP contribution in [-0.2, 0) is 0 Å². The number of nitrogens with zero attached hydrogens (tertiary/aromatic N) is 1. The Labute approximate surface area is 93.9 Å².